The third kappa shape index (κ3) is 5.49. The van der Waals surface area contributed by atoms with Crippen molar-refractivity contribution in [2.75, 3.05) is 6.54 Å². The van der Waals surface area contributed by atoms with E-state index in [9.17, 15) is 10.2 Å². The molecule has 1 saturated carbocycles. The van der Waals surface area contributed by atoms with Gasteiger partial charge in [-0.1, -0.05) is 6.07 Å². The van der Waals surface area contributed by atoms with Crippen LogP contribution in [-0.2, 0) is 19.4 Å². The van der Waals surface area contributed by atoms with Crippen LogP contribution >= 0.6 is 24.0 Å². The van der Waals surface area contributed by atoms with Crippen LogP contribution in [0.2, 0.25) is 0 Å². The highest BCUT2D eigenvalue weighted by molar-refractivity contribution is 14.0. The Morgan fingerprint density at radius 1 is 1.15 bits per heavy atom. The van der Waals surface area contributed by atoms with Gasteiger partial charge in [0.2, 0.25) is 0 Å². The van der Waals surface area contributed by atoms with Gasteiger partial charge in [0.1, 0.15) is 5.75 Å². The van der Waals surface area contributed by atoms with E-state index in [4.69, 9.17) is 4.99 Å². The average molecular weight is 473 g/mol. The summed E-state index contributed by atoms with van der Waals surface area (Å²) in [6, 6.07) is 4.24. The van der Waals surface area contributed by atoms with E-state index in [-0.39, 0.29) is 30.1 Å². The number of phenolic OH excluding ortho intramolecular Hbond substituents is 1. The van der Waals surface area contributed by atoms with Crippen LogP contribution in [-0.4, -0.2) is 34.9 Å². The van der Waals surface area contributed by atoms with Crippen LogP contribution in [0.25, 0.3) is 0 Å². The number of hydrogen-bond acceptors (Lipinski definition) is 3. The van der Waals surface area contributed by atoms with Crippen LogP contribution in [0, 0.1) is 0 Å². The molecule has 0 unspecified atom stereocenters. The van der Waals surface area contributed by atoms with Crippen molar-refractivity contribution in [3.8, 4) is 5.75 Å². The first-order valence-electron chi connectivity index (χ1n) is 9.73. The van der Waals surface area contributed by atoms with Gasteiger partial charge < -0.3 is 20.8 Å². The molecule has 1 aromatic carbocycles. The zero-order valence-corrected chi connectivity index (χ0v) is 18.0. The molecule has 0 atom stereocenters. The second-order valence-corrected chi connectivity index (χ2v) is 7.25. The SMILES string of the molecule is CCNC(=NCc1c(O)ccc2c1CCCC2)NC1CCC(O)CC1.I. The first kappa shape index (κ1) is 21.3. The summed E-state index contributed by atoms with van der Waals surface area (Å²) >= 11 is 0. The fourth-order valence-corrected chi connectivity index (χ4v) is 3.96. The maximum atomic E-state index is 10.3. The van der Waals surface area contributed by atoms with Gasteiger partial charge in [-0.2, -0.15) is 0 Å². The van der Waals surface area contributed by atoms with Crippen LogP contribution in [0.4, 0.5) is 0 Å². The third-order valence-electron chi connectivity index (χ3n) is 5.40. The summed E-state index contributed by atoms with van der Waals surface area (Å²) in [4.78, 5) is 4.74. The Bertz CT molecular complexity index is 613. The first-order chi connectivity index (χ1) is 12.2. The number of fused-ring (bicyclic) bond motifs is 1. The van der Waals surface area contributed by atoms with Crippen LogP contribution in [0.5, 0.6) is 5.75 Å². The maximum absolute atomic E-state index is 10.3. The molecule has 0 aliphatic heterocycles. The number of aromatic hydroxyl groups is 1. The molecule has 0 bridgehead atoms. The van der Waals surface area contributed by atoms with E-state index in [0.717, 1.165) is 56.6 Å². The molecule has 0 heterocycles. The van der Waals surface area contributed by atoms with Crippen LogP contribution in [0.1, 0.15) is 62.1 Å². The number of phenols is 1. The van der Waals surface area contributed by atoms with E-state index in [1.807, 2.05) is 6.07 Å². The lowest BCUT2D eigenvalue weighted by atomic mass is 9.88. The molecule has 0 spiro atoms. The molecule has 26 heavy (non-hydrogen) atoms. The summed E-state index contributed by atoms with van der Waals surface area (Å²) < 4.78 is 0. The number of hydrogen-bond donors (Lipinski definition) is 4. The van der Waals surface area contributed by atoms with E-state index < -0.39 is 0 Å². The van der Waals surface area contributed by atoms with Gasteiger partial charge in [0.15, 0.2) is 5.96 Å². The predicted molar refractivity (Wildman–Crippen MR) is 116 cm³/mol. The molecular formula is C20H32IN3O2. The molecule has 0 radical (unpaired) electrons. The minimum absolute atomic E-state index is 0. The van der Waals surface area contributed by atoms with Crippen LogP contribution in [0.15, 0.2) is 17.1 Å². The molecule has 2 aliphatic carbocycles. The molecule has 2 aliphatic rings. The molecule has 3 rings (SSSR count). The number of nitrogens with zero attached hydrogens (tertiary/aromatic N) is 1. The summed E-state index contributed by atoms with van der Waals surface area (Å²) in [6.07, 6.45) is 8.07. The van der Waals surface area contributed by atoms with Crippen molar-refractivity contribution in [1.82, 2.24) is 10.6 Å². The number of aliphatic imine (C=N–C) groups is 1. The lowest BCUT2D eigenvalue weighted by molar-refractivity contribution is 0.120. The van der Waals surface area contributed by atoms with Crippen LogP contribution < -0.4 is 10.6 Å². The van der Waals surface area contributed by atoms with E-state index >= 15 is 0 Å². The summed E-state index contributed by atoms with van der Waals surface area (Å²) in [5.41, 5.74) is 3.65. The van der Waals surface area contributed by atoms with Gasteiger partial charge in [0.05, 0.1) is 12.6 Å². The van der Waals surface area contributed by atoms with Crippen molar-refractivity contribution >= 4 is 29.9 Å². The minimum atomic E-state index is -0.148. The molecule has 0 amide bonds. The standard InChI is InChI=1S/C20H31N3O2.HI/c1-2-21-20(23-15-8-10-16(24)11-9-15)22-13-18-17-6-4-3-5-14(17)7-12-19(18)25;/h7,12,15-16,24-25H,2-6,8-11,13H2,1H3,(H2,21,22,23);1H. The first-order valence-corrected chi connectivity index (χ1v) is 9.73. The molecular weight excluding hydrogens is 441 g/mol. The lowest BCUT2D eigenvalue weighted by Crippen LogP contribution is -2.45. The minimum Gasteiger partial charge on any atom is -0.508 e. The number of aryl methyl sites for hydroxylation is 1. The number of halogens is 1. The molecule has 4 N–H and O–H groups in total. The average Bonchev–Trinajstić information content (AvgIpc) is 2.63. The molecule has 1 fully saturated rings. The Kier molecular flexibility index (Phi) is 8.47. The van der Waals surface area contributed by atoms with E-state index in [1.54, 1.807) is 0 Å². The Morgan fingerprint density at radius 3 is 2.62 bits per heavy atom. The summed E-state index contributed by atoms with van der Waals surface area (Å²) in [5.74, 6) is 1.16. The van der Waals surface area contributed by atoms with Crippen LogP contribution in [0.3, 0.4) is 0 Å². The normalized spacial score (nSPS) is 22.9. The number of aliphatic hydroxyl groups is 1. The lowest BCUT2D eigenvalue weighted by Gasteiger charge is -2.27. The zero-order valence-electron chi connectivity index (χ0n) is 15.6. The number of aliphatic hydroxyl groups excluding tert-OH is 1. The van der Waals surface area contributed by atoms with Crippen molar-refractivity contribution in [3.63, 3.8) is 0 Å². The molecule has 6 heteroatoms. The van der Waals surface area contributed by atoms with Gasteiger partial charge in [0.25, 0.3) is 0 Å². The second kappa shape index (κ2) is 10.3. The summed E-state index contributed by atoms with van der Waals surface area (Å²) in [7, 11) is 0. The molecule has 5 nitrogen and oxygen atoms in total. The highest BCUT2D eigenvalue weighted by Gasteiger charge is 2.20. The number of nitrogens with one attached hydrogen (secondary N) is 2. The smallest absolute Gasteiger partial charge is 0.191 e. The van der Waals surface area contributed by atoms with E-state index in [1.165, 1.54) is 24.0 Å². The van der Waals surface area contributed by atoms with E-state index in [0.29, 0.717) is 18.3 Å². The van der Waals surface area contributed by atoms with Crippen molar-refractivity contribution in [2.24, 2.45) is 4.99 Å². The second-order valence-electron chi connectivity index (χ2n) is 7.25. The monoisotopic (exact) mass is 473 g/mol. The topological polar surface area (TPSA) is 76.9 Å². The number of guanidine groups is 1. The fraction of sp³-hybridized carbons (Fsp3) is 0.650. The largest absolute Gasteiger partial charge is 0.508 e. The van der Waals surface area contributed by atoms with Crippen molar-refractivity contribution in [2.45, 2.75) is 77.0 Å². The third-order valence-corrected chi connectivity index (χ3v) is 5.40. The number of benzene rings is 1. The van der Waals surface area contributed by atoms with Crippen molar-refractivity contribution in [3.05, 3.63) is 28.8 Å². The maximum Gasteiger partial charge on any atom is 0.191 e. The predicted octanol–water partition coefficient (Wildman–Crippen LogP) is 3.25. The van der Waals surface area contributed by atoms with Gasteiger partial charge >= 0.3 is 0 Å². The van der Waals surface area contributed by atoms with E-state index in [2.05, 4.69) is 23.6 Å². The van der Waals surface area contributed by atoms with Gasteiger partial charge in [-0.15, -0.1) is 24.0 Å². The number of rotatable bonds is 4. The van der Waals surface area contributed by atoms with Gasteiger partial charge in [-0.05, 0) is 75.5 Å². The quantitative estimate of drug-likeness (QED) is 0.308. The Labute approximate surface area is 173 Å². The highest BCUT2D eigenvalue weighted by Crippen LogP contribution is 2.31. The molecule has 0 aromatic heterocycles. The highest BCUT2D eigenvalue weighted by atomic mass is 127. The summed E-state index contributed by atoms with van der Waals surface area (Å²) in [5, 5.41) is 26.8. The molecule has 1 aromatic rings. The Hall–Kier alpha value is -1.02. The van der Waals surface area contributed by atoms with Gasteiger partial charge in [0, 0.05) is 18.2 Å². The zero-order chi connectivity index (χ0) is 17.6. The molecule has 146 valence electrons. The molecule has 0 saturated heterocycles. The summed E-state index contributed by atoms with van der Waals surface area (Å²) in [6.45, 7) is 3.36. The van der Waals surface area contributed by atoms with Crippen molar-refractivity contribution < 1.29 is 10.2 Å². The van der Waals surface area contributed by atoms with Crippen molar-refractivity contribution in [1.29, 1.82) is 0 Å². The van der Waals surface area contributed by atoms with Gasteiger partial charge in [-0.3, -0.25) is 0 Å². The Balaban J connectivity index is 0.00000243. The van der Waals surface area contributed by atoms with Gasteiger partial charge in [-0.25, -0.2) is 4.99 Å². The fourth-order valence-electron chi connectivity index (χ4n) is 3.96. The Morgan fingerprint density at radius 2 is 1.88 bits per heavy atom.